The lowest BCUT2D eigenvalue weighted by molar-refractivity contribution is 0.0601. The topological polar surface area (TPSA) is 79.5 Å². The van der Waals surface area contributed by atoms with Gasteiger partial charge in [0, 0.05) is 15.1 Å². The third-order valence-electron chi connectivity index (χ3n) is 4.36. The molecule has 0 fully saturated rings. The number of carbonyl (C=O) groups is 2. The van der Waals surface area contributed by atoms with E-state index in [1.165, 1.54) is 34.7 Å². The number of aryl methyl sites for hydroxylation is 2. The van der Waals surface area contributed by atoms with E-state index in [0.717, 1.165) is 35.3 Å². The van der Waals surface area contributed by atoms with Crippen LogP contribution in [0.4, 0.5) is 5.00 Å². The Morgan fingerprint density at radius 3 is 2.65 bits per heavy atom. The van der Waals surface area contributed by atoms with Gasteiger partial charge in [-0.25, -0.2) is 4.79 Å². The van der Waals surface area contributed by atoms with Gasteiger partial charge in [0.15, 0.2) is 5.11 Å². The Labute approximate surface area is 164 Å². The zero-order valence-corrected chi connectivity index (χ0v) is 17.1. The number of amides is 1. The molecule has 26 heavy (non-hydrogen) atoms. The number of fused-ring (bicyclic) bond motifs is 1. The first kappa shape index (κ1) is 18.8. The lowest BCUT2D eigenvalue weighted by atomic mass is 10.1. The second-order valence-corrected chi connectivity index (χ2v) is 8.51. The van der Waals surface area contributed by atoms with Gasteiger partial charge in [-0.05, 0) is 56.5 Å². The molecular formula is C17H19N3O3S3. The van der Waals surface area contributed by atoms with Crippen molar-refractivity contribution in [3.63, 3.8) is 0 Å². The third-order valence-corrected chi connectivity index (χ3v) is 6.78. The Balaban J connectivity index is 1.66. The molecule has 0 aliphatic heterocycles. The van der Waals surface area contributed by atoms with E-state index in [1.54, 1.807) is 0 Å². The quantitative estimate of drug-likeness (QED) is 0.410. The van der Waals surface area contributed by atoms with Crippen molar-refractivity contribution in [3.8, 4) is 0 Å². The number of anilines is 1. The lowest BCUT2D eigenvalue weighted by Crippen LogP contribution is -2.43. The molecule has 2 aromatic rings. The fourth-order valence-corrected chi connectivity index (χ4v) is 5.23. The van der Waals surface area contributed by atoms with E-state index in [0.29, 0.717) is 16.1 Å². The molecular weight excluding hydrogens is 390 g/mol. The second-order valence-electron chi connectivity index (χ2n) is 5.92. The fraction of sp³-hybridized carbons (Fsp3) is 0.353. The van der Waals surface area contributed by atoms with Crippen molar-refractivity contribution in [3.05, 3.63) is 37.4 Å². The number of thiocarbonyl (C=S) groups is 1. The third kappa shape index (κ3) is 3.60. The number of rotatable bonds is 3. The highest BCUT2D eigenvalue weighted by atomic mass is 32.1. The van der Waals surface area contributed by atoms with Gasteiger partial charge in [-0.3, -0.25) is 15.6 Å². The van der Waals surface area contributed by atoms with Gasteiger partial charge in [-0.2, -0.15) is 0 Å². The van der Waals surface area contributed by atoms with Crippen molar-refractivity contribution in [1.29, 1.82) is 0 Å². The summed E-state index contributed by atoms with van der Waals surface area (Å²) in [5.41, 5.74) is 8.44. The van der Waals surface area contributed by atoms with Gasteiger partial charge in [0.1, 0.15) is 5.00 Å². The van der Waals surface area contributed by atoms with Gasteiger partial charge in [-0.1, -0.05) is 0 Å². The minimum Gasteiger partial charge on any atom is -0.465 e. The highest BCUT2D eigenvalue weighted by Gasteiger charge is 2.27. The van der Waals surface area contributed by atoms with Crippen molar-refractivity contribution >= 4 is 56.9 Å². The molecule has 0 spiro atoms. The molecule has 0 atom stereocenters. The number of methoxy groups -OCH3 is 1. The van der Waals surface area contributed by atoms with Crippen LogP contribution in [0.25, 0.3) is 0 Å². The molecule has 0 saturated carbocycles. The molecule has 6 nitrogen and oxygen atoms in total. The van der Waals surface area contributed by atoms with Crippen molar-refractivity contribution < 1.29 is 14.3 Å². The zero-order valence-electron chi connectivity index (χ0n) is 14.6. The van der Waals surface area contributed by atoms with Crippen LogP contribution in [0.2, 0.25) is 0 Å². The van der Waals surface area contributed by atoms with Crippen molar-refractivity contribution in [1.82, 2.24) is 10.9 Å². The Bertz CT molecular complexity index is 885. The predicted molar refractivity (Wildman–Crippen MR) is 108 cm³/mol. The molecule has 0 bridgehead atoms. The Hall–Kier alpha value is -1.97. The summed E-state index contributed by atoms with van der Waals surface area (Å²) in [7, 11) is 1.37. The molecule has 2 aromatic heterocycles. The second kappa shape index (κ2) is 7.73. The summed E-state index contributed by atoms with van der Waals surface area (Å²) < 4.78 is 4.91. The average Bonchev–Trinajstić information content (AvgIpc) is 3.28. The number of carbonyl (C=O) groups excluding carboxylic acids is 2. The molecule has 0 saturated heterocycles. The maximum absolute atomic E-state index is 12.2. The van der Waals surface area contributed by atoms with E-state index in [2.05, 4.69) is 16.2 Å². The first-order valence-corrected chi connectivity index (χ1v) is 10.2. The summed E-state index contributed by atoms with van der Waals surface area (Å²) in [5, 5.41) is 5.69. The normalized spacial score (nSPS) is 12.4. The van der Waals surface area contributed by atoms with Gasteiger partial charge in [0.2, 0.25) is 0 Å². The molecule has 3 N–H and O–H groups in total. The number of hydrazine groups is 1. The van der Waals surface area contributed by atoms with Crippen LogP contribution in [0.5, 0.6) is 0 Å². The van der Waals surface area contributed by atoms with Gasteiger partial charge in [0.05, 0.1) is 18.2 Å². The van der Waals surface area contributed by atoms with Gasteiger partial charge in [0.25, 0.3) is 5.91 Å². The Morgan fingerprint density at radius 1 is 1.23 bits per heavy atom. The molecule has 3 rings (SSSR count). The van der Waals surface area contributed by atoms with Crippen LogP contribution in [-0.4, -0.2) is 24.1 Å². The SMILES string of the molecule is COC(=O)c1c(NC(=S)NNC(=O)c2csc(C)c2C)sc2c1CCC2. The first-order valence-electron chi connectivity index (χ1n) is 8.07. The number of esters is 1. The number of ether oxygens (including phenoxy) is 1. The maximum atomic E-state index is 12.2. The standard InChI is InChI=1S/C17H19N3O3S3/c1-8-9(2)25-7-11(8)14(21)19-20-17(24)18-15-13(16(22)23-3)10-5-4-6-12(10)26-15/h7H,4-6H2,1-3H3,(H,19,21)(H2,18,20,24). The largest absolute Gasteiger partial charge is 0.465 e. The minimum absolute atomic E-state index is 0.216. The summed E-state index contributed by atoms with van der Waals surface area (Å²) in [6.45, 7) is 3.88. The molecule has 9 heteroatoms. The summed E-state index contributed by atoms with van der Waals surface area (Å²) in [4.78, 5) is 26.7. The van der Waals surface area contributed by atoms with E-state index >= 15 is 0 Å². The average molecular weight is 410 g/mol. The van der Waals surface area contributed by atoms with Gasteiger partial charge < -0.3 is 10.1 Å². The molecule has 138 valence electrons. The maximum Gasteiger partial charge on any atom is 0.341 e. The Kier molecular flexibility index (Phi) is 5.59. The fourth-order valence-electron chi connectivity index (χ4n) is 2.86. The van der Waals surface area contributed by atoms with Gasteiger partial charge in [-0.15, -0.1) is 22.7 Å². The molecule has 2 heterocycles. The predicted octanol–water partition coefficient (Wildman–Crippen LogP) is 3.33. The van der Waals surface area contributed by atoms with Crippen LogP contribution in [0.3, 0.4) is 0 Å². The van der Waals surface area contributed by atoms with Crippen LogP contribution in [0, 0.1) is 13.8 Å². The summed E-state index contributed by atoms with van der Waals surface area (Å²) in [6.07, 6.45) is 2.87. The summed E-state index contributed by atoms with van der Waals surface area (Å²) in [6, 6.07) is 0. The van der Waals surface area contributed by atoms with E-state index in [-0.39, 0.29) is 17.0 Å². The molecule has 0 radical (unpaired) electrons. The first-order chi connectivity index (χ1) is 12.4. The molecule has 1 aliphatic carbocycles. The monoisotopic (exact) mass is 409 g/mol. The summed E-state index contributed by atoms with van der Waals surface area (Å²) in [5.74, 6) is -0.624. The van der Waals surface area contributed by atoms with E-state index in [9.17, 15) is 9.59 Å². The Morgan fingerprint density at radius 2 is 2.00 bits per heavy atom. The zero-order chi connectivity index (χ0) is 18.8. The van der Waals surface area contributed by atoms with Crippen LogP contribution in [0.15, 0.2) is 5.38 Å². The number of nitrogens with one attached hydrogen (secondary N) is 3. The van der Waals surface area contributed by atoms with Crippen LogP contribution in [0.1, 0.15) is 48.0 Å². The van der Waals surface area contributed by atoms with Crippen molar-refractivity contribution in [2.24, 2.45) is 0 Å². The van der Waals surface area contributed by atoms with E-state index < -0.39 is 0 Å². The highest BCUT2D eigenvalue weighted by molar-refractivity contribution is 7.80. The molecule has 0 aromatic carbocycles. The molecule has 1 aliphatic rings. The molecule has 1 amide bonds. The molecule has 0 unspecified atom stereocenters. The smallest absolute Gasteiger partial charge is 0.341 e. The van der Waals surface area contributed by atoms with E-state index in [4.69, 9.17) is 17.0 Å². The summed E-state index contributed by atoms with van der Waals surface area (Å²) >= 11 is 8.29. The van der Waals surface area contributed by atoms with Crippen LogP contribution in [-0.2, 0) is 17.6 Å². The minimum atomic E-state index is -0.372. The number of thiophene rings is 2. The van der Waals surface area contributed by atoms with Gasteiger partial charge >= 0.3 is 5.97 Å². The highest BCUT2D eigenvalue weighted by Crippen LogP contribution is 2.39. The van der Waals surface area contributed by atoms with Crippen molar-refractivity contribution in [2.75, 3.05) is 12.4 Å². The van der Waals surface area contributed by atoms with Crippen LogP contribution < -0.4 is 16.2 Å². The van der Waals surface area contributed by atoms with Crippen molar-refractivity contribution in [2.45, 2.75) is 33.1 Å². The number of hydrogen-bond donors (Lipinski definition) is 3. The van der Waals surface area contributed by atoms with Crippen LogP contribution >= 0.6 is 34.9 Å². The van der Waals surface area contributed by atoms with E-state index in [1.807, 2.05) is 19.2 Å². The number of hydrogen-bond acceptors (Lipinski definition) is 6. The lowest BCUT2D eigenvalue weighted by Gasteiger charge is -2.12.